The van der Waals surface area contributed by atoms with Crippen molar-refractivity contribution in [1.82, 2.24) is 14.8 Å². The highest BCUT2D eigenvalue weighted by Crippen LogP contribution is 2.41. The van der Waals surface area contributed by atoms with Gasteiger partial charge in [-0.25, -0.2) is 9.37 Å². The van der Waals surface area contributed by atoms with Crippen molar-refractivity contribution in [2.24, 2.45) is 0 Å². The molecule has 28 heavy (non-hydrogen) atoms. The molecule has 140 valence electrons. The summed E-state index contributed by atoms with van der Waals surface area (Å²) < 4.78 is 17.5. The van der Waals surface area contributed by atoms with Crippen molar-refractivity contribution in [1.29, 1.82) is 0 Å². The van der Waals surface area contributed by atoms with Gasteiger partial charge < -0.3 is 5.32 Å². The Balaban J connectivity index is 1.68. The van der Waals surface area contributed by atoms with E-state index in [1.807, 2.05) is 31.2 Å². The predicted molar refractivity (Wildman–Crippen MR) is 111 cm³/mol. The number of thiazole rings is 1. The molecule has 0 unspecified atom stereocenters. The molecule has 1 amide bonds. The number of carbonyl (C=O) groups is 1. The van der Waals surface area contributed by atoms with Crippen LogP contribution in [-0.4, -0.2) is 20.7 Å². The second-order valence-electron chi connectivity index (χ2n) is 6.73. The van der Waals surface area contributed by atoms with Crippen LogP contribution in [0.2, 0.25) is 0 Å². The third kappa shape index (κ3) is 2.84. The number of carbonyl (C=O) groups excluding carboxylic acids is 1. The maximum Gasteiger partial charge on any atom is 0.226 e. The summed E-state index contributed by atoms with van der Waals surface area (Å²) in [5, 5.41) is 8.28. The fourth-order valence-corrected chi connectivity index (χ4v) is 5.15. The maximum absolute atomic E-state index is 13.8. The van der Waals surface area contributed by atoms with Gasteiger partial charge in [0.25, 0.3) is 0 Å². The number of anilines is 1. The number of aromatic nitrogens is 3. The molecule has 4 aromatic rings. The Labute approximate surface area is 172 Å². The van der Waals surface area contributed by atoms with Crippen molar-refractivity contribution in [3.63, 3.8) is 0 Å². The summed E-state index contributed by atoms with van der Waals surface area (Å²) >= 11 is 4.98. The van der Waals surface area contributed by atoms with E-state index in [-0.39, 0.29) is 24.1 Å². The van der Waals surface area contributed by atoms with E-state index in [9.17, 15) is 9.18 Å². The maximum atomic E-state index is 13.8. The Morgan fingerprint density at radius 1 is 1.29 bits per heavy atom. The highest BCUT2D eigenvalue weighted by atomic mass is 79.9. The standard InChI is InChI=1S/C20H14BrFN4OS/c1-10-18-14(11-3-2-4-13(22)7-11)9-17(27)24-19(18)26(25-10)20-23-15-6-5-12(21)8-16(15)28-20/h2-8,14H,9H2,1H3,(H,24,27)/t14-/m1/s1. The second kappa shape index (κ2) is 6.49. The summed E-state index contributed by atoms with van der Waals surface area (Å²) in [5.41, 5.74) is 3.34. The predicted octanol–water partition coefficient (Wildman–Crippen LogP) is 5.17. The van der Waals surface area contributed by atoms with Gasteiger partial charge in [-0.05, 0) is 42.8 Å². The van der Waals surface area contributed by atoms with Gasteiger partial charge >= 0.3 is 0 Å². The third-order valence-corrected chi connectivity index (χ3v) is 6.36. The van der Waals surface area contributed by atoms with Crippen LogP contribution in [0.3, 0.4) is 0 Å². The molecule has 0 bridgehead atoms. The molecule has 1 aliphatic heterocycles. The molecule has 5 nitrogen and oxygen atoms in total. The van der Waals surface area contributed by atoms with Gasteiger partial charge in [0, 0.05) is 22.4 Å². The number of rotatable bonds is 2. The van der Waals surface area contributed by atoms with E-state index < -0.39 is 0 Å². The van der Waals surface area contributed by atoms with Gasteiger partial charge in [-0.15, -0.1) is 0 Å². The zero-order valence-corrected chi connectivity index (χ0v) is 17.1. The molecule has 1 N–H and O–H groups in total. The molecule has 0 spiro atoms. The molecule has 0 saturated carbocycles. The van der Waals surface area contributed by atoms with Crippen molar-refractivity contribution >= 4 is 49.2 Å². The van der Waals surface area contributed by atoms with E-state index in [0.717, 1.165) is 31.5 Å². The van der Waals surface area contributed by atoms with E-state index >= 15 is 0 Å². The van der Waals surface area contributed by atoms with Crippen molar-refractivity contribution in [3.05, 3.63) is 69.6 Å². The van der Waals surface area contributed by atoms with Gasteiger partial charge in [-0.1, -0.05) is 39.4 Å². The fourth-order valence-electron chi connectivity index (χ4n) is 3.67. The number of fused-ring (bicyclic) bond motifs is 2. The fraction of sp³-hybridized carbons (Fsp3) is 0.150. The summed E-state index contributed by atoms with van der Waals surface area (Å²) in [6, 6.07) is 12.3. The Bertz CT molecular complexity index is 1250. The van der Waals surface area contributed by atoms with Crippen LogP contribution in [0.4, 0.5) is 10.2 Å². The quantitative estimate of drug-likeness (QED) is 0.452. The summed E-state index contributed by atoms with van der Waals surface area (Å²) in [6.07, 6.45) is 0.260. The highest BCUT2D eigenvalue weighted by molar-refractivity contribution is 9.10. The molecule has 0 fully saturated rings. The van der Waals surface area contributed by atoms with Crippen LogP contribution in [0.15, 0.2) is 46.9 Å². The largest absolute Gasteiger partial charge is 0.310 e. The summed E-state index contributed by atoms with van der Waals surface area (Å²) in [7, 11) is 0. The minimum Gasteiger partial charge on any atom is -0.310 e. The molecule has 2 aromatic carbocycles. The van der Waals surface area contributed by atoms with Crippen LogP contribution in [0.5, 0.6) is 0 Å². The first-order valence-electron chi connectivity index (χ1n) is 8.71. The molecule has 3 heterocycles. The number of hydrogen-bond acceptors (Lipinski definition) is 4. The van der Waals surface area contributed by atoms with Crippen molar-refractivity contribution in [2.75, 3.05) is 5.32 Å². The zero-order chi connectivity index (χ0) is 19.4. The van der Waals surface area contributed by atoms with Gasteiger partial charge in [-0.2, -0.15) is 9.78 Å². The molecule has 2 aromatic heterocycles. The molecule has 1 aliphatic rings. The number of hydrogen-bond donors (Lipinski definition) is 1. The van der Waals surface area contributed by atoms with Crippen LogP contribution in [0.25, 0.3) is 15.3 Å². The molecule has 0 aliphatic carbocycles. The average Bonchev–Trinajstić information content (AvgIpc) is 3.21. The van der Waals surface area contributed by atoms with Crippen molar-refractivity contribution in [2.45, 2.75) is 19.3 Å². The van der Waals surface area contributed by atoms with Gasteiger partial charge in [0.2, 0.25) is 11.0 Å². The topological polar surface area (TPSA) is 59.8 Å². The summed E-state index contributed by atoms with van der Waals surface area (Å²) in [5.74, 6) is -0.0588. The number of nitrogens with zero attached hydrogens (tertiary/aromatic N) is 3. The molecule has 8 heteroatoms. The first-order chi connectivity index (χ1) is 13.5. The molecule has 0 radical (unpaired) electrons. The molecule has 1 atom stereocenters. The summed E-state index contributed by atoms with van der Waals surface area (Å²) in [6.45, 7) is 1.91. The Morgan fingerprint density at radius 3 is 2.96 bits per heavy atom. The van der Waals surface area contributed by atoms with Crippen LogP contribution in [0.1, 0.15) is 29.2 Å². The number of nitrogens with one attached hydrogen (secondary N) is 1. The zero-order valence-electron chi connectivity index (χ0n) is 14.7. The van der Waals surface area contributed by atoms with Crippen molar-refractivity contribution < 1.29 is 9.18 Å². The number of amides is 1. The monoisotopic (exact) mass is 456 g/mol. The van der Waals surface area contributed by atoms with E-state index in [0.29, 0.717) is 10.9 Å². The number of aryl methyl sites for hydroxylation is 1. The average molecular weight is 457 g/mol. The van der Waals surface area contributed by atoms with Gasteiger partial charge in [-0.3, -0.25) is 4.79 Å². The van der Waals surface area contributed by atoms with E-state index in [4.69, 9.17) is 0 Å². The third-order valence-electron chi connectivity index (χ3n) is 4.87. The molecule has 0 saturated heterocycles. The van der Waals surface area contributed by atoms with Gasteiger partial charge in [0.15, 0.2) is 0 Å². The van der Waals surface area contributed by atoms with E-state index in [2.05, 4.69) is 31.3 Å². The Kier molecular flexibility index (Phi) is 4.06. The number of halogens is 2. The van der Waals surface area contributed by atoms with Gasteiger partial charge in [0.1, 0.15) is 11.6 Å². The van der Waals surface area contributed by atoms with Crippen molar-refractivity contribution in [3.8, 4) is 5.13 Å². The van der Waals surface area contributed by atoms with E-state index in [1.165, 1.54) is 23.5 Å². The van der Waals surface area contributed by atoms with E-state index in [1.54, 1.807) is 10.7 Å². The Morgan fingerprint density at radius 2 is 2.14 bits per heavy atom. The van der Waals surface area contributed by atoms with Crippen LogP contribution in [-0.2, 0) is 4.79 Å². The highest BCUT2D eigenvalue weighted by Gasteiger charge is 2.33. The first-order valence-corrected chi connectivity index (χ1v) is 10.3. The minimum atomic E-state index is -0.313. The van der Waals surface area contributed by atoms with Crippen LogP contribution >= 0.6 is 27.3 Å². The SMILES string of the molecule is Cc1nn(-c2nc3ccc(Br)cc3s2)c2c1[C@@H](c1cccc(F)c1)CC(=O)N2. The smallest absolute Gasteiger partial charge is 0.226 e. The lowest BCUT2D eigenvalue weighted by Crippen LogP contribution is -2.25. The molecular formula is C20H14BrFN4OS. The molecule has 5 rings (SSSR count). The minimum absolute atomic E-state index is 0.119. The first kappa shape index (κ1) is 17.5. The number of benzene rings is 2. The lowest BCUT2D eigenvalue weighted by Gasteiger charge is -2.24. The van der Waals surface area contributed by atoms with Crippen LogP contribution < -0.4 is 5.32 Å². The second-order valence-corrected chi connectivity index (χ2v) is 8.65. The Hall–Kier alpha value is -2.58. The molecular weight excluding hydrogens is 443 g/mol. The normalized spacial score (nSPS) is 16.2. The van der Waals surface area contributed by atoms with Crippen LogP contribution in [0, 0.1) is 12.7 Å². The lowest BCUT2D eigenvalue weighted by molar-refractivity contribution is -0.116. The lowest BCUT2D eigenvalue weighted by atomic mass is 9.86. The summed E-state index contributed by atoms with van der Waals surface area (Å²) in [4.78, 5) is 17.1. The van der Waals surface area contributed by atoms with Gasteiger partial charge in [0.05, 0.1) is 15.9 Å².